The van der Waals surface area contributed by atoms with E-state index in [2.05, 4.69) is 216 Å². The first-order valence-corrected chi connectivity index (χ1v) is 20.0. The van der Waals surface area contributed by atoms with Crippen LogP contribution < -0.4 is 9.80 Å². The second kappa shape index (κ2) is 13.7. The second-order valence-electron chi connectivity index (χ2n) is 14.2. The molecule has 8 aromatic carbocycles. The molecular weight excluding hydrogens is 713 g/mol. The van der Waals surface area contributed by atoms with Gasteiger partial charge in [0.15, 0.2) is 5.82 Å². The van der Waals surface area contributed by atoms with Crippen molar-refractivity contribution < 1.29 is 0 Å². The zero-order chi connectivity index (χ0) is 37.7. The maximum Gasteiger partial charge on any atom is 0.160 e. The zero-order valence-corrected chi connectivity index (χ0v) is 31.6. The van der Waals surface area contributed by atoms with Gasteiger partial charge in [-0.3, -0.25) is 4.90 Å². The van der Waals surface area contributed by atoms with Gasteiger partial charge < -0.3 is 4.90 Å². The topological polar surface area (TPSA) is 32.3 Å². The third kappa shape index (κ3) is 5.76. The third-order valence-electron chi connectivity index (χ3n) is 10.8. The summed E-state index contributed by atoms with van der Waals surface area (Å²) in [4.78, 5) is 15.3. The van der Waals surface area contributed by atoms with Crippen LogP contribution in [0.1, 0.15) is 0 Å². The number of benzene rings is 8. The SMILES string of the molecule is c1ccc(-c2cc(-c3ccccc3)cc(-c3nc(-c4ccc(N5c6ccccc6N(c6ccccc6)c6sc7ccccc7c65)cc4)nc4ccccc34)c2)cc1. The molecule has 268 valence electrons. The van der Waals surface area contributed by atoms with Crippen molar-refractivity contribution in [3.63, 3.8) is 0 Å². The smallest absolute Gasteiger partial charge is 0.160 e. The van der Waals surface area contributed by atoms with Crippen LogP contribution in [0.5, 0.6) is 0 Å². The number of para-hydroxylation sites is 4. The molecule has 0 unspecified atom stereocenters. The highest BCUT2D eigenvalue weighted by Crippen LogP contribution is 2.59. The fourth-order valence-electron chi connectivity index (χ4n) is 8.10. The molecule has 0 fully saturated rings. The lowest BCUT2D eigenvalue weighted by atomic mass is 9.94. The quantitative estimate of drug-likeness (QED) is 0.170. The summed E-state index contributed by atoms with van der Waals surface area (Å²) in [5.74, 6) is 0.692. The first-order valence-electron chi connectivity index (χ1n) is 19.2. The first kappa shape index (κ1) is 33.0. The molecule has 3 heterocycles. The molecule has 0 amide bonds. The van der Waals surface area contributed by atoms with Crippen LogP contribution in [0.15, 0.2) is 206 Å². The van der Waals surface area contributed by atoms with E-state index in [1.54, 1.807) is 0 Å². The van der Waals surface area contributed by atoms with Gasteiger partial charge in [0.1, 0.15) is 5.00 Å². The number of anilines is 6. The molecule has 0 N–H and O–H groups in total. The fourth-order valence-corrected chi connectivity index (χ4v) is 9.33. The zero-order valence-electron chi connectivity index (χ0n) is 30.8. The molecule has 1 aliphatic heterocycles. The number of thiophene rings is 1. The molecule has 0 saturated heterocycles. The summed E-state index contributed by atoms with van der Waals surface area (Å²) < 4.78 is 1.25. The summed E-state index contributed by atoms with van der Waals surface area (Å²) in [6.45, 7) is 0. The van der Waals surface area contributed by atoms with E-state index in [4.69, 9.17) is 9.97 Å². The van der Waals surface area contributed by atoms with Gasteiger partial charge >= 0.3 is 0 Å². The van der Waals surface area contributed by atoms with Crippen molar-refractivity contribution in [3.8, 4) is 44.9 Å². The van der Waals surface area contributed by atoms with Gasteiger partial charge in [0.05, 0.1) is 28.3 Å². The molecule has 0 saturated carbocycles. The minimum atomic E-state index is 0.692. The van der Waals surface area contributed by atoms with Crippen LogP contribution in [0.3, 0.4) is 0 Å². The van der Waals surface area contributed by atoms with Gasteiger partial charge in [-0.2, -0.15) is 0 Å². The van der Waals surface area contributed by atoms with Crippen molar-refractivity contribution in [2.45, 2.75) is 0 Å². The van der Waals surface area contributed by atoms with Crippen LogP contribution in [0.2, 0.25) is 0 Å². The van der Waals surface area contributed by atoms with Gasteiger partial charge in [0.2, 0.25) is 0 Å². The van der Waals surface area contributed by atoms with Crippen molar-refractivity contribution in [2.24, 2.45) is 0 Å². The Kier molecular flexibility index (Phi) is 7.97. The van der Waals surface area contributed by atoms with Crippen molar-refractivity contribution in [1.29, 1.82) is 0 Å². The predicted molar refractivity (Wildman–Crippen MR) is 240 cm³/mol. The standard InChI is InChI=1S/C52H34N4S/c1-4-16-35(17-5-1)38-32-39(36-18-6-2-7-19-36)34-40(33-38)49-43-22-10-12-24-45(43)53-51(54-49)37-28-30-42(31-29-37)55-46-25-13-14-26-47(46)56(41-20-8-3-9-21-41)52-50(55)44-23-11-15-27-48(44)57-52/h1-34H. The van der Waals surface area contributed by atoms with E-state index in [1.165, 1.54) is 31.9 Å². The summed E-state index contributed by atoms with van der Waals surface area (Å²) in [5, 5.41) is 3.44. The molecular formula is C52H34N4S. The summed E-state index contributed by atoms with van der Waals surface area (Å²) >= 11 is 1.83. The predicted octanol–water partition coefficient (Wildman–Crippen LogP) is 14.8. The van der Waals surface area contributed by atoms with E-state index in [0.717, 1.165) is 61.6 Å². The Morgan fingerprint density at radius 3 is 1.58 bits per heavy atom. The Bertz CT molecular complexity index is 3010. The number of rotatable bonds is 6. The molecule has 2 aromatic heterocycles. The van der Waals surface area contributed by atoms with Crippen molar-refractivity contribution in [3.05, 3.63) is 206 Å². The lowest BCUT2D eigenvalue weighted by Crippen LogP contribution is -2.22. The van der Waals surface area contributed by atoms with E-state index in [0.29, 0.717) is 5.82 Å². The highest BCUT2D eigenvalue weighted by atomic mass is 32.1. The Morgan fingerprint density at radius 2 is 0.895 bits per heavy atom. The van der Waals surface area contributed by atoms with Crippen LogP contribution in [0.25, 0.3) is 65.9 Å². The highest BCUT2D eigenvalue weighted by molar-refractivity contribution is 7.24. The third-order valence-corrected chi connectivity index (χ3v) is 11.9. The molecule has 1 aliphatic rings. The molecule has 0 bridgehead atoms. The average Bonchev–Trinajstić information content (AvgIpc) is 3.67. The average molecular weight is 747 g/mol. The monoisotopic (exact) mass is 746 g/mol. The molecule has 11 rings (SSSR count). The number of hydrogen-bond donors (Lipinski definition) is 0. The minimum Gasteiger partial charge on any atom is -0.305 e. The van der Waals surface area contributed by atoms with Gasteiger partial charge in [0, 0.05) is 38.0 Å². The molecule has 10 aromatic rings. The normalized spacial score (nSPS) is 12.1. The number of hydrogen-bond acceptors (Lipinski definition) is 5. The van der Waals surface area contributed by atoms with Gasteiger partial charge in [-0.1, -0.05) is 127 Å². The Balaban J connectivity index is 1.05. The molecule has 0 radical (unpaired) electrons. The number of aromatic nitrogens is 2. The number of fused-ring (bicyclic) bond motifs is 5. The van der Waals surface area contributed by atoms with E-state index in [1.807, 2.05) is 11.3 Å². The van der Waals surface area contributed by atoms with E-state index in [-0.39, 0.29) is 0 Å². The molecule has 57 heavy (non-hydrogen) atoms. The van der Waals surface area contributed by atoms with Gasteiger partial charge in [-0.25, -0.2) is 9.97 Å². The summed E-state index contributed by atoms with van der Waals surface area (Å²) in [6, 6.07) is 73.1. The van der Waals surface area contributed by atoms with Crippen LogP contribution in [-0.4, -0.2) is 9.97 Å². The number of nitrogens with zero attached hydrogens (tertiary/aromatic N) is 4. The van der Waals surface area contributed by atoms with Crippen LogP contribution in [-0.2, 0) is 0 Å². The van der Waals surface area contributed by atoms with Crippen molar-refractivity contribution in [1.82, 2.24) is 9.97 Å². The Hall–Kier alpha value is -7.34. The molecule has 0 aliphatic carbocycles. The van der Waals surface area contributed by atoms with Gasteiger partial charge in [-0.05, 0) is 101 Å². The van der Waals surface area contributed by atoms with Crippen LogP contribution >= 0.6 is 11.3 Å². The summed E-state index contributed by atoms with van der Waals surface area (Å²) in [7, 11) is 0. The van der Waals surface area contributed by atoms with Crippen LogP contribution in [0, 0.1) is 0 Å². The van der Waals surface area contributed by atoms with E-state index >= 15 is 0 Å². The Morgan fingerprint density at radius 1 is 0.368 bits per heavy atom. The van der Waals surface area contributed by atoms with Gasteiger partial charge in [0.25, 0.3) is 0 Å². The van der Waals surface area contributed by atoms with Gasteiger partial charge in [-0.15, -0.1) is 11.3 Å². The Labute approximate surface area is 335 Å². The fraction of sp³-hybridized carbons (Fsp3) is 0. The van der Waals surface area contributed by atoms with E-state index in [9.17, 15) is 0 Å². The summed E-state index contributed by atoms with van der Waals surface area (Å²) in [6.07, 6.45) is 0. The van der Waals surface area contributed by atoms with Crippen molar-refractivity contribution >= 4 is 65.8 Å². The minimum absolute atomic E-state index is 0.692. The second-order valence-corrected chi connectivity index (χ2v) is 15.3. The summed E-state index contributed by atoms with van der Waals surface area (Å²) in [5.41, 5.74) is 14.1. The maximum absolute atomic E-state index is 5.37. The lowest BCUT2D eigenvalue weighted by Gasteiger charge is -2.38. The van der Waals surface area contributed by atoms with E-state index < -0.39 is 0 Å². The lowest BCUT2D eigenvalue weighted by molar-refractivity contribution is 1.20. The molecule has 0 spiro atoms. The highest BCUT2D eigenvalue weighted by Gasteiger charge is 2.33. The molecule has 0 atom stereocenters. The largest absolute Gasteiger partial charge is 0.305 e. The maximum atomic E-state index is 5.37. The van der Waals surface area contributed by atoms with Crippen LogP contribution in [0.4, 0.5) is 33.4 Å². The molecule has 4 nitrogen and oxygen atoms in total. The first-order chi connectivity index (χ1) is 28.3. The van der Waals surface area contributed by atoms with Crippen molar-refractivity contribution in [2.75, 3.05) is 9.80 Å². The molecule has 5 heteroatoms.